The van der Waals surface area contributed by atoms with Gasteiger partial charge in [0.05, 0.1) is 5.54 Å². The Hall–Kier alpha value is -4.63. The predicted octanol–water partition coefficient (Wildman–Crippen LogP) is 0.188. The number of amides is 2. The number of carbonyl (C=O) groups excluding carboxylic acids is 2. The molecule has 3 rings (SSSR count). The van der Waals surface area contributed by atoms with Crippen LogP contribution >= 0.6 is 11.3 Å². The number of carbonyl (C=O) groups is 3. The third-order valence-corrected chi connectivity index (χ3v) is 7.66. The summed E-state index contributed by atoms with van der Waals surface area (Å²) in [6, 6.07) is 5.43. The number of nitrogens with one attached hydrogen (secondary N) is 2. The number of aliphatic carboxylic acids is 1. The Morgan fingerprint density at radius 2 is 1.96 bits per heavy atom. The molecule has 0 bridgehead atoms. The Balaban J connectivity index is 1.78. The maximum Gasteiger partial charge on any atom is 0.418 e. The number of β-lactam (4-membered cyclic amide) rings is 1. The van der Waals surface area contributed by atoms with Gasteiger partial charge < -0.3 is 36.8 Å². The van der Waals surface area contributed by atoms with E-state index >= 15 is 0 Å². The maximum atomic E-state index is 13.3. The second-order valence-corrected chi connectivity index (χ2v) is 12.6. The molecule has 20 heteroatoms. The van der Waals surface area contributed by atoms with Crippen molar-refractivity contribution in [3.63, 3.8) is 0 Å². The Labute approximate surface area is 274 Å². The van der Waals surface area contributed by atoms with Crippen molar-refractivity contribution in [2.75, 3.05) is 32.5 Å². The summed E-state index contributed by atoms with van der Waals surface area (Å²) < 4.78 is 41.2. The number of hydrogen-bond acceptors (Lipinski definition) is 15. The lowest BCUT2D eigenvalue weighted by Crippen LogP contribution is -2.76. The monoisotopic (exact) mass is 696 g/mol. The van der Waals surface area contributed by atoms with E-state index in [1.54, 1.807) is 43.7 Å². The summed E-state index contributed by atoms with van der Waals surface area (Å²) in [5.41, 5.74) is 8.65. The van der Waals surface area contributed by atoms with Crippen molar-refractivity contribution in [2.45, 2.75) is 44.4 Å². The predicted molar refractivity (Wildman–Crippen MR) is 172 cm³/mol. The van der Waals surface area contributed by atoms with Gasteiger partial charge in [0.1, 0.15) is 24.1 Å². The summed E-state index contributed by atoms with van der Waals surface area (Å²) in [5.74, 6) is -3.20. The van der Waals surface area contributed by atoms with Gasteiger partial charge in [-0.25, -0.2) is 9.78 Å². The summed E-state index contributed by atoms with van der Waals surface area (Å²) in [5, 5.41) is 21.1. The minimum Gasteiger partial charge on any atom is -0.489 e. The molecule has 1 aliphatic rings. The highest BCUT2D eigenvalue weighted by Gasteiger charge is 2.58. The fourth-order valence-electron chi connectivity index (χ4n) is 3.98. The molecule has 2 aromatic rings. The zero-order valence-electron chi connectivity index (χ0n) is 25.9. The number of thiazole rings is 1. The highest BCUT2D eigenvalue weighted by molar-refractivity contribution is 7.80. The minimum absolute atomic E-state index is 0.0515. The highest BCUT2D eigenvalue weighted by Crippen LogP contribution is 2.33. The van der Waals surface area contributed by atoms with E-state index in [4.69, 9.17) is 25.6 Å². The van der Waals surface area contributed by atoms with E-state index in [0.29, 0.717) is 23.9 Å². The molecule has 256 valence electrons. The molecule has 2 atom stereocenters. The number of benzene rings is 1. The average molecular weight is 697 g/mol. The Kier molecular flexibility index (Phi) is 12.0. The van der Waals surface area contributed by atoms with E-state index in [1.807, 2.05) is 0 Å². The Bertz CT molecular complexity index is 1660. The van der Waals surface area contributed by atoms with E-state index < -0.39 is 57.7 Å². The lowest BCUT2D eigenvalue weighted by atomic mass is 9.84. The number of hydrogen-bond donors (Lipinski definition) is 6. The Morgan fingerprint density at radius 3 is 2.49 bits per heavy atom. The van der Waals surface area contributed by atoms with Crippen LogP contribution in [0.1, 0.15) is 38.4 Å². The first kappa shape index (κ1) is 36.8. The van der Waals surface area contributed by atoms with Gasteiger partial charge in [0.15, 0.2) is 10.8 Å². The quantitative estimate of drug-likeness (QED) is 0.0424. The zero-order chi connectivity index (χ0) is 35.0. The number of carboxylic acids is 1. The zero-order valence-corrected chi connectivity index (χ0v) is 27.5. The maximum absolute atomic E-state index is 13.3. The number of nitrogen functional groups attached to an aromatic ring is 1. The molecule has 2 heterocycles. The first-order valence-corrected chi connectivity index (χ1v) is 16.1. The SMILES string of the molecule is CN=C/C(=C\NCCCN)c1ccc(OCC(C)(O/N=C(\C(=O)NC2C(=O)N(OS(=O)(=O)O)C2(C)C)c2csc(N)n2)C(=O)O)cc1. The van der Waals surface area contributed by atoms with Crippen molar-refractivity contribution in [3.8, 4) is 5.75 Å². The van der Waals surface area contributed by atoms with Gasteiger partial charge >= 0.3 is 16.4 Å². The van der Waals surface area contributed by atoms with Crippen molar-refractivity contribution in [1.29, 1.82) is 0 Å². The normalized spacial score (nSPS) is 18.0. The molecular weight excluding hydrogens is 660 g/mol. The van der Waals surface area contributed by atoms with E-state index in [9.17, 15) is 27.9 Å². The third-order valence-electron chi connectivity index (χ3n) is 6.64. The molecule has 47 heavy (non-hydrogen) atoms. The van der Waals surface area contributed by atoms with Crippen molar-refractivity contribution in [2.24, 2.45) is 15.9 Å². The summed E-state index contributed by atoms with van der Waals surface area (Å²) in [7, 11) is -3.38. The van der Waals surface area contributed by atoms with Crippen molar-refractivity contribution >= 4 is 62.2 Å². The largest absolute Gasteiger partial charge is 0.489 e. The number of anilines is 1. The van der Waals surface area contributed by atoms with Crippen LogP contribution in [0.25, 0.3) is 5.57 Å². The van der Waals surface area contributed by atoms with Crippen LogP contribution in [-0.2, 0) is 33.9 Å². The average Bonchev–Trinajstić information content (AvgIpc) is 3.44. The van der Waals surface area contributed by atoms with E-state index in [-0.39, 0.29) is 10.8 Å². The van der Waals surface area contributed by atoms with Crippen LogP contribution in [0, 0.1) is 0 Å². The first-order chi connectivity index (χ1) is 22.0. The summed E-state index contributed by atoms with van der Waals surface area (Å²) in [4.78, 5) is 51.5. The van der Waals surface area contributed by atoms with Crippen LogP contribution < -0.4 is 26.8 Å². The molecule has 2 unspecified atom stereocenters. The molecule has 8 N–H and O–H groups in total. The topological polar surface area (TPSA) is 270 Å². The minimum atomic E-state index is -5.02. The summed E-state index contributed by atoms with van der Waals surface area (Å²) in [6.07, 6.45) is 4.28. The second kappa shape index (κ2) is 15.3. The number of allylic oxidation sites excluding steroid dienone is 1. The fourth-order valence-corrected chi connectivity index (χ4v) is 4.98. The number of nitrogens with zero attached hydrogens (tertiary/aromatic N) is 4. The molecule has 0 aliphatic carbocycles. The Morgan fingerprint density at radius 1 is 1.28 bits per heavy atom. The highest BCUT2D eigenvalue weighted by atomic mass is 32.3. The standard InChI is InChI=1S/C27H36N8O10S2/c1-26(2)21(23(37)35(26)45-47(40,41)42)33-22(36)20(19-14-46-25(29)32-19)34-44-27(3,24(38)39)15-43-18-8-6-16(7-9-18)17(12-30-4)13-31-11-5-10-28/h6-9,12-14,21,31H,5,10-11,15,28H2,1-4H3,(H2,29,32)(H,33,36)(H,38,39)(H,40,41,42)/b17-13+,30-12?,34-20-. The lowest BCUT2D eigenvalue weighted by molar-refractivity contribution is -0.218. The number of carboxylic acid groups (broad SMARTS) is 1. The van der Waals surface area contributed by atoms with Gasteiger partial charge in [0, 0.05) is 37.0 Å². The molecule has 1 fully saturated rings. The first-order valence-electron chi connectivity index (χ1n) is 13.8. The third kappa shape index (κ3) is 9.45. The van der Waals surface area contributed by atoms with Gasteiger partial charge in [-0.2, -0.15) is 13.5 Å². The van der Waals surface area contributed by atoms with Crippen LogP contribution in [0.15, 0.2) is 46.0 Å². The molecular formula is C27H36N8O10S2. The van der Waals surface area contributed by atoms with Gasteiger partial charge in [-0.15, -0.1) is 15.6 Å². The molecule has 18 nitrogen and oxygen atoms in total. The van der Waals surface area contributed by atoms with E-state index in [1.165, 1.54) is 26.2 Å². The van der Waals surface area contributed by atoms with Crippen LogP contribution in [0.2, 0.25) is 0 Å². The molecule has 2 amide bonds. The van der Waals surface area contributed by atoms with Gasteiger partial charge in [0.25, 0.3) is 17.4 Å². The van der Waals surface area contributed by atoms with Gasteiger partial charge in [-0.3, -0.25) is 19.1 Å². The second-order valence-electron chi connectivity index (χ2n) is 10.7. The number of rotatable bonds is 17. The van der Waals surface area contributed by atoms with Crippen molar-refractivity contribution < 1.29 is 46.3 Å². The van der Waals surface area contributed by atoms with Crippen molar-refractivity contribution in [1.82, 2.24) is 20.7 Å². The van der Waals surface area contributed by atoms with E-state index in [0.717, 1.165) is 28.9 Å². The number of nitrogens with two attached hydrogens (primary N) is 2. The summed E-state index contributed by atoms with van der Waals surface area (Å²) in [6.45, 7) is 4.59. The van der Waals surface area contributed by atoms with Gasteiger partial charge in [-0.1, -0.05) is 17.3 Å². The lowest BCUT2D eigenvalue weighted by Gasteiger charge is -2.50. The molecule has 1 aromatic heterocycles. The molecule has 0 saturated carbocycles. The van der Waals surface area contributed by atoms with Crippen LogP contribution in [0.5, 0.6) is 5.75 Å². The molecule has 0 radical (unpaired) electrons. The number of aromatic nitrogens is 1. The molecule has 1 saturated heterocycles. The van der Waals surface area contributed by atoms with Gasteiger partial charge in [0.2, 0.25) is 0 Å². The van der Waals surface area contributed by atoms with Crippen LogP contribution in [0.3, 0.4) is 0 Å². The number of aliphatic imine (C=N–C) groups is 1. The summed E-state index contributed by atoms with van der Waals surface area (Å²) >= 11 is 0.954. The van der Waals surface area contributed by atoms with Crippen LogP contribution in [0.4, 0.5) is 5.13 Å². The number of hydroxylamine groups is 2. The van der Waals surface area contributed by atoms with Gasteiger partial charge in [-0.05, 0) is 51.4 Å². The fraction of sp³-hybridized carbons (Fsp3) is 0.407. The smallest absolute Gasteiger partial charge is 0.418 e. The molecule has 1 aromatic carbocycles. The molecule has 0 spiro atoms. The number of oxime groups is 1. The number of ether oxygens (including phenoxy) is 1. The van der Waals surface area contributed by atoms with E-state index in [2.05, 4.69) is 30.0 Å². The van der Waals surface area contributed by atoms with Crippen LogP contribution in [-0.4, -0.2) is 102 Å². The van der Waals surface area contributed by atoms with Crippen molar-refractivity contribution in [3.05, 3.63) is 47.1 Å². The molecule has 1 aliphatic heterocycles.